The van der Waals surface area contributed by atoms with Gasteiger partial charge in [-0.25, -0.2) is 0 Å². The maximum atomic E-state index is 14.4. The second kappa shape index (κ2) is 31.6. The van der Waals surface area contributed by atoms with Crippen LogP contribution >= 0.6 is 0 Å². The highest BCUT2D eigenvalue weighted by atomic mass is 16.8. The van der Waals surface area contributed by atoms with E-state index in [-0.39, 0.29) is 43.9 Å². The van der Waals surface area contributed by atoms with Gasteiger partial charge in [-0.1, -0.05) is 186 Å². The minimum Gasteiger partial charge on any atom is -0.462 e. The number of benzene rings is 4. The van der Waals surface area contributed by atoms with Gasteiger partial charge in [-0.05, 0) is 100 Å². The van der Waals surface area contributed by atoms with Crippen LogP contribution in [0, 0.1) is 0 Å². The summed E-state index contributed by atoms with van der Waals surface area (Å²) in [4.78, 5) is 41.6. The number of nitrogens with one attached hydrogen (secondary N) is 1. The van der Waals surface area contributed by atoms with Crippen molar-refractivity contribution in [2.24, 2.45) is 0 Å². The Morgan fingerprint density at radius 1 is 0.577 bits per heavy atom. The van der Waals surface area contributed by atoms with Gasteiger partial charge in [-0.3, -0.25) is 14.4 Å². The summed E-state index contributed by atoms with van der Waals surface area (Å²) < 4.78 is 38.0. The van der Waals surface area contributed by atoms with Crippen LogP contribution in [0.25, 0.3) is 0 Å². The Morgan fingerprint density at radius 3 is 1.55 bits per heavy atom. The maximum absolute atomic E-state index is 14.4. The second-order valence-corrected chi connectivity index (χ2v) is 20.1. The Balaban J connectivity index is 1.06. The quantitative estimate of drug-likeness (QED) is 0.0368. The lowest BCUT2D eigenvalue weighted by molar-refractivity contribution is -0.370. The van der Waals surface area contributed by atoms with E-state index in [2.05, 4.69) is 84.2 Å². The number of esters is 2. The molecule has 71 heavy (non-hydrogen) atoms. The van der Waals surface area contributed by atoms with Crippen LogP contribution in [0.2, 0.25) is 0 Å². The zero-order valence-corrected chi connectivity index (χ0v) is 42.9. The summed E-state index contributed by atoms with van der Waals surface area (Å²) >= 11 is 0. The molecular formula is C61H83NO9. The lowest BCUT2D eigenvalue weighted by Crippen LogP contribution is -2.69. The van der Waals surface area contributed by atoms with Crippen molar-refractivity contribution in [2.75, 3.05) is 6.61 Å². The summed E-state index contributed by atoms with van der Waals surface area (Å²) in [6.07, 6.45) is 16.6. The van der Waals surface area contributed by atoms with Gasteiger partial charge in [-0.2, -0.15) is 0 Å². The Hall–Kier alpha value is -4.87. The van der Waals surface area contributed by atoms with Crippen molar-refractivity contribution in [3.63, 3.8) is 0 Å². The molecule has 1 N–H and O–H groups in total. The molecule has 2 fully saturated rings. The fraction of sp³-hybridized carbons (Fsp3) is 0.557. The Morgan fingerprint density at radius 2 is 1.03 bits per heavy atom. The van der Waals surface area contributed by atoms with Crippen molar-refractivity contribution in [1.82, 2.24) is 5.32 Å². The second-order valence-electron chi connectivity index (χ2n) is 20.1. The van der Waals surface area contributed by atoms with Gasteiger partial charge in [0.05, 0.1) is 19.6 Å². The van der Waals surface area contributed by atoms with E-state index in [1.54, 1.807) is 0 Å². The molecule has 0 saturated carbocycles. The van der Waals surface area contributed by atoms with Gasteiger partial charge in [0.1, 0.15) is 24.4 Å². The molecule has 10 nitrogen and oxygen atoms in total. The minimum absolute atomic E-state index is 0.0470. The summed E-state index contributed by atoms with van der Waals surface area (Å²) in [7, 11) is 0. The third-order valence-electron chi connectivity index (χ3n) is 13.7. The average molecular weight is 974 g/mol. The monoisotopic (exact) mass is 974 g/mol. The lowest BCUT2D eigenvalue weighted by Gasteiger charge is -2.50. The molecule has 2 aliphatic heterocycles. The van der Waals surface area contributed by atoms with Gasteiger partial charge in [0, 0.05) is 12.8 Å². The van der Waals surface area contributed by atoms with Crippen LogP contribution in [0.4, 0.5) is 0 Å². The SMILES string of the molecule is CC1(C)OC[C@H]2O[C@@H](OCc3ccccc3)[C@H](NC(=O)C[C@@H](CCCCCCc3ccccc3)OC(=O)CCCCCCCCc3ccccc3)[C@@H](OC(=O)CCCCCCCCc3ccccc3)[C@@H]2O1. The van der Waals surface area contributed by atoms with Crippen LogP contribution in [-0.2, 0) is 68.7 Å². The molecule has 0 bridgehead atoms. The number of amides is 1. The number of hydrogen-bond donors (Lipinski definition) is 1. The van der Waals surface area contributed by atoms with Crippen molar-refractivity contribution < 1.29 is 42.8 Å². The molecule has 0 unspecified atom stereocenters. The smallest absolute Gasteiger partial charge is 0.306 e. The zero-order valence-electron chi connectivity index (χ0n) is 42.9. The van der Waals surface area contributed by atoms with Crippen molar-refractivity contribution in [1.29, 1.82) is 0 Å². The summed E-state index contributed by atoms with van der Waals surface area (Å²) in [5.41, 5.74) is 4.99. The van der Waals surface area contributed by atoms with E-state index < -0.39 is 42.5 Å². The van der Waals surface area contributed by atoms with E-state index in [0.29, 0.717) is 19.3 Å². The van der Waals surface area contributed by atoms with Crippen LogP contribution in [-0.4, -0.2) is 67.0 Å². The van der Waals surface area contributed by atoms with Crippen molar-refractivity contribution in [2.45, 2.75) is 211 Å². The third-order valence-corrected chi connectivity index (χ3v) is 13.7. The molecule has 10 heteroatoms. The van der Waals surface area contributed by atoms with E-state index in [1.807, 2.05) is 56.3 Å². The highest BCUT2D eigenvalue weighted by Crippen LogP contribution is 2.35. The van der Waals surface area contributed by atoms with Gasteiger partial charge in [0.2, 0.25) is 5.91 Å². The van der Waals surface area contributed by atoms with Gasteiger partial charge < -0.3 is 33.7 Å². The minimum atomic E-state index is -0.994. The molecular weight excluding hydrogens is 891 g/mol. The van der Waals surface area contributed by atoms with E-state index in [0.717, 1.165) is 115 Å². The Labute approximate surface area is 425 Å². The van der Waals surface area contributed by atoms with E-state index in [1.165, 1.54) is 23.1 Å². The summed E-state index contributed by atoms with van der Waals surface area (Å²) in [6, 6.07) is 40.5. The number of carbonyl (C=O) groups excluding carboxylic acids is 3. The number of rotatable bonds is 33. The van der Waals surface area contributed by atoms with Gasteiger partial charge in [-0.15, -0.1) is 0 Å². The summed E-state index contributed by atoms with van der Waals surface area (Å²) in [5.74, 6) is -1.96. The molecule has 2 aliphatic rings. The first-order valence-corrected chi connectivity index (χ1v) is 27.1. The number of hydrogen-bond acceptors (Lipinski definition) is 9. The topological polar surface area (TPSA) is 119 Å². The highest BCUT2D eigenvalue weighted by molar-refractivity contribution is 5.78. The van der Waals surface area contributed by atoms with Crippen LogP contribution in [0.3, 0.4) is 0 Å². The first-order valence-electron chi connectivity index (χ1n) is 27.1. The summed E-state index contributed by atoms with van der Waals surface area (Å²) in [6.45, 7) is 4.04. The van der Waals surface area contributed by atoms with Gasteiger partial charge in [0.15, 0.2) is 18.2 Å². The molecule has 0 aromatic heterocycles. The fourth-order valence-electron chi connectivity index (χ4n) is 9.72. The number of unbranched alkanes of at least 4 members (excludes halogenated alkanes) is 13. The fourth-order valence-corrected chi connectivity index (χ4v) is 9.72. The number of aryl methyl sites for hydroxylation is 3. The summed E-state index contributed by atoms with van der Waals surface area (Å²) in [5, 5.41) is 3.17. The highest BCUT2D eigenvalue weighted by Gasteiger charge is 2.54. The Bertz CT molecular complexity index is 2070. The van der Waals surface area contributed by atoms with Gasteiger partial charge in [0.25, 0.3) is 0 Å². The van der Waals surface area contributed by atoms with Crippen LogP contribution in [0.15, 0.2) is 121 Å². The molecule has 2 heterocycles. The predicted molar refractivity (Wildman–Crippen MR) is 279 cm³/mol. The van der Waals surface area contributed by atoms with Gasteiger partial charge >= 0.3 is 11.9 Å². The van der Waals surface area contributed by atoms with Crippen molar-refractivity contribution in [3.05, 3.63) is 144 Å². The molecule has 4 aromatic carbocycles. The molecule has 1 amide bonds. The molecule has 0 aliphatic carbocycles. The largest absolute Gasteiger partial charge is 0.462 e. The van der Waals surface area contributed by atoms with Crippen LogP contribution in [0.1, 0.15) is 165 Å². The van der Waals surface area contributed by atoms with Crippen LogP contribution < -0.4 is 5.32 Å². The van der Waals surface area contributed by atoms with E-state index in [4.69, 9.17) is 28.4 Å². The number of fused-ring (bicyclic) bond motifs is 1. The third kappa shape index (κ3) is 21.4. The first-order chi connectivity index (χ1) is 34.7. The van der Waals surface area contributed by atoms with E-state index in [9.17, 15) is 14.4 Å². The van der Waals surface area contributed by atoms with Crippen LogP contribution in [0.5, 0.6) is 0 Å². The standard InChI is InChI=1S/C61H83NO9/c1-61(2)67-47-53-58(71-61)59(70-56(65)44-30-10-6-4-8-18-32-49-36-22-14-23-37-49)57(60(69-53)66-46-51-40-26-16-27-41-51)62-54(63)45-52(42-28-12-11-19-33-50-38-24-15-25-39-50)68-55(64)43-29-9-5-3-7-17-31-48-34-20-13-21-35-48/h13-16,20-27,34-41,52-53,57-60H,3-12,17-19,28-33,42-47H2,1-2H3,(H,62,63)/t52-,53-,57-,58-,59-,60-/m1/s1. The normalized spacial score (nSPS) is 19.8. The molecule has 6 rings (SSSR count). The molecule has 0 spiro atoms. The number of carbonyl (C=O) groups is 3. The predicted octanol–water partition coefficient (Wildman–Crippen LogP) is 12.9. The van der Waals surface area contributed by atoms with Crippen molar-refractivity contribution in [3.8, 4) is 0 Å². The van der Waals surface area contributed by atoms with E-state index >= 15 is 0 Å². The van der Waals surface area contributed by atoms with Crippen molar-refractivity contribution >= 4 is 17.8 Å². The molecule has 4 aromatic rings. The average Bonchev–Trinajstić information content (AvgIpc) is 3.37. The zero-order chi connectivity index (χ0) is 49.8. The number of ether oxygens (including phenoxy) is 6. The molecule has 2 saturated heterocycles. The molecule has 386 valence electrons. The Kier molecular flexibility index (Phi) is 24.6. The maximum Gasteiger partial charge on any atom is 0.306 e. The first kappa shape index (κ1) is 55.4. The molecule has 0 radical (unpaired) electrons. The molecule has 6 atom stereocenters. The lowest BCUT2D eigenvalue weighted by atomic mass is 9.94.